The molecule has 2 aromatic carbocycles. The summed E-state index contributed by atoms with van der Waals surface area (Å²) >= 11 is 5.90. The van der Waals surface area contributed by atoms with Crippen molar-refractivity contribution in [1.29, 1.82) is 0 Å². The van der Waals surface area contributed by atoms with Crippen molar-refractivity contribution in [2.75, 3.05) is 11.9 Å². The van der Waals surface area contributed by atoms with Crippen LogP contribution in [0, 0.1) is 17.7 Å². The van der Waals surface area contributed by atoms with Gasteiger partial charge < -0.3 is 10.4 Å². The lowest BCUT2D eigenvalue weighted by Gasteiger charge is -2.07. The largest absolute Gasteiger partial charge is 0.384 e. The lowest BCUT2D eigenvalue weighted by molar-refractivity contribution is 0.102. The van der Waals surface area contributed by atoms with Gasteiger partial charge >= 0.3 is 0 Å². The van der Waals surface area contributed by atoms with E-state index >= 15 is 0 Å². The SMILES string of the molecule is O=C(Nc1cc(F)ccc1Cl)c1cccc(C#CCO)c1. The molecular weight excluding hydrogens is 293 g/mol. The number of anilines is 1. The highest BCUT2D eigenvalue weighted by Crippen LogP contribution is 2.23. The molecule has 2 rings (SSSR count). The number of rotatable bonds is 2. The topological polar surface area (TPSA) is 49.3 Å². The second-order valence-electron chi connectivity index (χ2n) is 4.12. The van der Waals surface area contributed by atoms with Crippen LogP contribution in [0.5, 0.6) is 0 Å². The van der Waals surface area contributed by atoms with Crippen molar-refractivity contribution in [1.82, 2.24) is 0 Å². The van der Waals surface area contributed by atoms with Crippen LogP contribution < -0.4 is 5.32 Å². The van der Waals surface area contributed by atoms with Crippen molar-refractivity contribution in [2.45, 2.75) is 0 Å². The fourth-order valence-electron chi connectivity index (χ4n) is 1.67. The Morgan fingerprint density at radius 1 is 1.29 bits per heavy atom. The van der Waals surface area contributed by atoms with Crippen LogP contribution in [0.2, 0.25) is 5.02 Å². The number of carbonyl (C=O) groups is 1. The molecule has 0 aliphatic carbocycles. The number of amides is 1. The number of hydrogen-bond donors (Lipinski definition) is 2. The van der Waals surface area contributed by atoms with Gasteiger partial charge in [0.2, 0.25) is 0 Å². The number of carbonyl (C=O) groups excluding carboxylic acids is 1. The second kappa shape index (κ2) is 6.89. The Hall–Kier alpha value is -2.35. The summed E-state index contributed by atoms with van der Waals surface area (Å²) in [5.41, 5.74) is 1.16. The van der Waals surface area contributed by atoms with E-state index in [4.69, 9.17) is 16.7 Å². The first-order valence-corrected chi connectivity index (χ1v) is 6.44. The zero-order chi connectivity index (χ0) is 15.2. The van der Waals surface area contributed by atoms with Gasteiger partial charge in [-0.3, -0.25) is 4.79 Å². The first kappa shape index (κ1) is 15.0. The molecule has 106 valence electrons. The highest BCUT2D eigenvalue weighted by Gasteiger charge is 2.09. The monoisotopic (exact) mass is 303 g/mol. The van der Waals surface area contributed by atoms with Gasteiger partial charge in [0, 0.05) is 11.1 Å². The number of benzene rings is 2. The molecular formula is C16H11ClFNO2. The average molecular weight is 304 g/mol. The first-order valence-electron chi connectivity index (χ1n) is 6.06. The minimum atomic E-state index is -0.489. The third kappa shape index (κ3) is 4.06. The van der Waals surface area contributed by atoms with E-state index < -0.39 is 11.7 Å². The Kier molecular flexibility index (Phi) is 4.94. The van der Waals surface area contributed by atoms with Gasteiger partial charge in [-0.25, -0.2) is 4.39 Å². The van der Waals surface area contributed by atoms with Crippen LogP contribution in [0.3, 0.4) is 0 Å². The van der Waals surface area contributed by atoms with Gasteiger partial charge in [0.05, 0.1) is 10.7 Å². The van der Waals surface area contributed by atoms with Gasteiger partial charge in [-0.05, 0) is 36.4 Å². The smallest absolute Gasteiger partial charge is 0.255 e. The molecule has 3 nitrogen and oxygen atoms in total. The summed E-state index contributed by atoms with van der Waals surface area (Å²) in [6.45, 7) is -0.255. The van der Waals surface area contributed by atoms with E-state index in [0.29, 0.717) is 11.1 Å². The van der Waals surface area contributed by atoms with E-state index in [0.717, 1.165) is 6.07 Å². The van der Waals surface area contributed by atoms with E-state index in [2.05, 4.69) is 17.2 Å². The molecule has 2 N–H and O–H groups in total. The summed E-state index contributed by atoms with van der Waals surface area (Å²) in [6.07, 6.45) is 0. The minimum Gasteiger partial charge on any atom is -0.384 e. The van der Waals surface area contributed by atoms with Gasteiger partial charge in [0.1, 0.15) is 12.4 Å². The number of hydrogen-bond acceptors (Lipinski definition) is 2. The van der Waals surface area contributed by atoms with Crippen LogP contribution in [0.15, 0.2) is 42.5 Å². The van der Waals surface area contributed by atoms with Gasteiger partial charge in [-0.2, -0.15) is 0 Å². The average Bonchev–Trinajstić information content (AvgIpc) is 2.49. The number of aliphatic hydroxyl groups excluding tert-OH is 1. The summed E-state index contributed by atoms with van der Waals surface area (Å²) in [5, 5.41) is 11.4. The van der Waals surface area contributed by atoms with Crippen molar-refractivity contribution in [3.8, 4) is 11.8 Å². The van der Waals surface area contributed by atoms with Crippen molar-refractivity contribution >= 4 is 23.2 Å². The molecule has 21 heavy (non-hydrogen) atoms. The molecule has 0 saturated carbocycles. The van der Waals surface area contributed by atoms with Crippen LogP contribution in [0.25, 0.3) is 0 Å². The van der Waals surface area contributed by atoms with Gasteiger partial charge in [-0.15, -0.1) is 0 Å². The standard InChI is InChI=1S/C16H11ClFNO2/c17-14-7-6-13(18)10-15(14)19-16(21)12-5-1-3-11(9-12)4-2-8-20/h1,3,5-7,9-10,20H,8H2,(H,19,21). The first-order chi connectivity index (χ1) is 10.1. The molecule has 0 spiro atoms. The predicted octanol–water partition coefficient (Wildman–Crippen LogP) is 3.08. The van der Waals surface area contributed by atoms with Crippen molar-refractivity contribution in [3.05, 3.63) is 64.4 Å². The minimum absolute atomic E-state index is 0.202. The second-order valence-corrected chi connectivity index (χ2v) is 4.53. The van der Waals surface area contributed by atoms with Crippen LogP contribution in [-0.4, -0.2) is 17.6 Å². The normalized spacial score (nSPS) is 9.67. The van der Waals surface area contributed by atoms with E-state index in [-0.39, 0.29) is 17.3 Å². The quantitative estimate of drug-likeness (QED) is 0.838. The zero-order valence-electron chi connectivity index (χ0n) is 10.9. The zero-order valence-corrected chi connectivity index (χ0v) is 11.6. The molecule has 0 aromatic heterocycles. The van der Waals surface area contributed by atoms with Crippen LogP contribution in [0.4, 0.5) is 10.1 Å². The van der Waals surface area contributed by atoms with Gasteiger partial charge in [0.15, 0.2) is 0 Å². The Bertz CT molecular complexity index is 735. The molecule has 1 amide bonds. The number of nitrogens with one attached hydrogen (secondary N) is 1. The van der Waals surface area contributed by atoms with Crippen LogP contribution in [-0.2, 0) is 0 Å². The van der Waals surface area contributed by atoms with E-state index in [1.165, 1.54) is 12.1 Å². The van der Waals surface area contributed by atoms with E-state index in [1.54, 1.807) is 24.3 Å². The number of halogens is 2. The van der Waals surface area contributed by atoms with Crippen molar-refractivity contribution < 1.29 is 14.3 Å². The van der Waals surface area contributed by atoms with E-state index in [1.807, 2.05) is 0 Å². The molecule has 0 fully saturated rings. The lowest BCUT2D eigenvalue weighted by atomic mass is 10.1. The summed E-state index contributed by atoms with van der Waals surface area (Å²) in [7, 11) is 0. The Morgan fingerprint density at radius 2 is 2.10 bits per heavy atom. The van der Waals surface area contributed by atoms with Gasteiger partial charge in [-0.1, -0.05) is 29.5 Å². The predicted molar refractivity (Wildman–Crippen MR) is 79.8 cm³/mol. The highest BCUT2D eigenvalue weighted by atomic mass is 35.5. The Morgan fingerprint density at radius 3 is 2.86 bits per heavy atom. The molecule has 0 heterocycles. The summed E-state index contributed by atoms with van der Waals surface area (Å²) < 4.78 is 13.2. The van der Waals surface area contributed by atoms with Crippen molar-refractivity contribution in [3.63, 3.8) is 0 Å². The number of aliphatic hydroxyl groups is 1. The van der Waals surface area contributed by atoms with Crippen LogP contribution in [0.1, 0.15) is 15.9 Å². The third-order valence-corrected chi connectivity index (χ3v) is 2.94. The van der Waals surface area contributed by atoms with Gasteiger partial charge in [0.25, 0.3) is 5.91 Å². The molecule has 5 heteroatoms. The molecule has 0 saturated heterocycles. The molecule has 2 aromatic rings. The maximum absolute atomic E-state index is 13.2. The summed E-state index contributed by atoms with van der Waals surface area (Å²) in [4.78, 5) is 12.1. The summed E-state index contributed by atoms with van der Waals surface area (Å²) in [5.74, 6) is 4.30. The maximum Gasteiger partial charge on any atom is 0.255 e. The fraction of sp³-hybridized carbons (Fsp3) is 0.0625. The Labute approximate surface area is 126 Å². The Balaban J connectivity index is 2.22. The van der Waals surface area contributed by atoms with Crippen LogP contribution >= 0.6 is 11.6 Å². The molecule has 0 unspecified atom stereocenters. The summed E-state index contributed by atoms with van der Waals surface area (Å²) in [6, 6.07) is 10.3. The molecule has 0 atom stereocenters. The molecule has 0 radical (unpaired) electrons. The highest BCUT2D eigenvalue weighted by molar-refractivity contribution is 6.33. The van der Waals surface area contributed by atoms with Crippen molar-refractivity contribution in [2.24, 2.45) is 0 Å². The molecule has 0 bridgehead atoms. The maximum atomic E-state index is 13.2. The lowest BCUT2D eigenvalue weighted by Crippen LogP contribution is -2.12. The molecule has 0 aliphatic heterocycles. The van der Waals surface area contributed by atoms with E-state index in [9.17, 15) is 9.18 Å². The third-order valence-electron chi connectivity index (χ3n) is 2.61. The fourth-order valence-corrected chi connectivity index (χ4v) is 1.83. The molecule has 0 aliphatic rings.